The fraction of sp³-hybridized carbons (Fsp3) is 0.375. The van der Waals surface area contributed by atoms with Gasteiger partial charge in [-0.2, -0.15) is 0 Å². The van der Waals surface area contributed by atoms with E-state index in [9.17, 15) is 9.59 Å². The summed E-state index contributed by atoms with van der Waals surface area (Å²) >= 11 is 0. The number of likely N-dealkylation sites (N-methyl/N-ethyl adjacent to an activating group) is 1. The fourth-order valence-electron chi connectivity index (χ4n) is 2.14. The second-order valence-electron chi connectivity index (χ2n) is 5.42. The molecule has 1 atom stereocenters. The zero-order chi connectivity index (χ0) is 15.4. The number of rotatable bonds is 7. The highest BCUT2D eigenvalue weighted by molar-refractivity contribution is 5.74. The summed E-state index contributed by atoms with van der Waals surface area (Å²) in [5.41, 5.74) is 1.01. The van der Waals surface area contributed by atoms with Crippen molar-refractivity contribution in [2.75, 3.05) is 37.8 Å². The Hall–Kier alpha value is -2.14. The van der Waals surface area contributed by atoms with Crippen LogP contribution in [0.3, 0.4) is 0 Å². The molecular formula is C16H21N3O2. The molecule has 0 unspecified atom stereocenters. The maximum Gasteiger partial charge on any atom is 0.253 e. The molecule has 2 aromatic carbocycles. The van der Waals surface area contributed by atoms with Gasteiger partial charge in [0.05, 0.1) is 0 Å². The van der Waals surface area contributed by atoms with Crippen LogP contribution in [0.4, 0.5) is 11.4 Å². The van der Waals surface area contributed by atoms with Crippen LogP contribution in [-0.4, -0.2) is 32.1 Å². The average molecular weight is 287 g/mol. The molecule has 5 nitrogen and oxygen atoms in total. The van der Waals surface area contributed by atoms with Gasteiger partial charge in [0, 0.05) is 19.1 Å². The van der Waals surface area contributed by atoms with E-state index in [1.54, 1.807) is 0 Å². The Balaban J connectivity index is 2.05. The van der Waals surface area contributed by atoms with E-state index in [-0.39, 0.29) is 6.04 Å². The zero-order valence-electron chi connectivity index (χ0n) is 12.6. The van der Waals surface area contributed by atoms with Gasteiger partial charge in [0.15, 0.2) is 0 Å². The Morgan fingerprint density at radius 3 is 2.29 bits per heavy atom. The first kappa shape index (κ1) is 15.3. The fourth-order valence-corrected chi connectivity index (χ4v) is 2.14. The first-order chi connectivity index (χ1) is 10.0. The third-order valence-corrected chi connectivity index (χ3v) is 3.43. The van der Waals surface area contributed by atoms with Crippen LogP contribution >= 0.6 is 0 Å². The molecule has 2 N–H and O–H groups in total. The van der Waals surface area contributed by atoms with Crippen molar-refractivity contribution in [2.24, 2.45) is 0 Å². The second kappa shape index (κ2) is 6.54. The predicted octanol–water partition coefficient (Wildman–Crippen LogP) is 1.43. The molecule has 2 rings (SSSR count). The number of nitrogens with one attached hydrogen (secondary N) is 2. The number of benzene rings is 1. The van der Waals surface area contributed by atoms with Crippen LogP contribution in [0.2, 0.25) is 0 Å². The largest absolute Gasteiger partial charge is 0.379 e. The summed E-state index contributed by atoms with van der Waals surface area (Å²) in [6, 6.07) is 9.80. The lowest BCUT2D eigenvalue weighted by Crippen LogP contribution is -2.39. The van der Waals surface area contributed by atoms with Crippen molar-refractivity contribution >= 4 is 11.4 Å². The van der Waals surface area contributed by atoms with Crippen molar-refractivity contribution in [1.82, 2.24) is 4.90 Å². The van der Waals surface area contributed by atoms with Crippen LogP contribution < -0.4 is 21.5 Å². The van der Waals surface area contributed by atoms with Crippen LogP contribution in [0, 0.1) is 0 Å². The van der Waals surface area contributed by atoms with E-state index in [2.05, 4.69) is 10.6 Å². The van der Waals surface area contributed by atoms with Gasteiger partial charge in [-0.1, -0.05) is 30.3 Å². The SMILES string of the molecule is C[C@@H](Nc1c(NCCN(C)C)c(=O)c1=O)c1ccccc1. The summed E-state index contributed by atoms with van der Waals surface area (Å²) in [4.78, 5) is 25.4. The summed E-state index contributed by atoms with van der Waals surface area (Å²) in [6.45, 7) is 3.40. The van der Waals surface area contributed by atoms with Crippen LogP contribution in [0.5, 0.6) is 0 Å². The van der Waals surface area contributed by atoms with E-state index in [4.69, 9.17) is 0 Å². The monoisotopic (exact) mass is 287 g/mol. The first-order valence-corrected chi connectivity index (χ1v) is 7.04. The normalized spacial score (nSPS) is 12.6. The summed E-state index contributed by atoms with van der Waals surface area (Å²) in [5.74, 6) is 0. The van der Waals surface area contributed by atoms with Gasteiger partial charge in [0.25, 0.3) is 10.9 Å². The maximum absolute atomic E-state index is 11.7. The van der Waals surface area contributed by atoms with Gasteiger partial charge in [-0.25, -0.2) is 0 Å². The molecule has 112 valence electrons. The molecule has 0 spiro atoms. The molecule has 0 aliphatic carbocycles. The average Bonchev–Trinajstić information content (AvgIpc) is 2.49. The van der Waals surface area contributed by atoms with Crippen molar-refractivity contribution in [3.63, 3.8) is 0 Å². The van der Waals surface area contributed by atoms with Gasteiger partial charge in [-0.15, -0.1) is 0 Å². The summed E-state index contributed by atoms with van der Waals surface area (Å²) in [6.07, 6.45) is 0. The summed E-state index contributed by atoms with van der Waals surface area (Å²) < 4.78 is 0. The van der Waals surface area contributed by atoms with Gasteiger partial charge in [0.2, 0.25) is 0 Å². The molecule has 0 fully saturated rings. The highest BCUT2D eigenvalue weighted by Gasteiger charge is 2.22. The van der Waals surface area contributed by atoms with Crippen molar-refractivity contribution in [2.45, 2.75) is 13.0 Å². The molecule has 0 aromatic heterocycles. The van der Waals surface area contributed by atoms with Crippen molar-refractivity contribution < 1.29 is 0 Å². The van der Waals surface area contributed by atoms with E-state index < -0.39 is 10.9 Å². The maximum atomic E-state index is 11.7. The minimum absolute atomic E-state index is 0.0242. The lowest BCUT2D eigenvalue weighted by Gasteiger charge is -2.20. The molecule has 0 aliphatic heterocycles. The molecule has 2 aromatic rings. The Labute approximate surface area is 124 Å². The molecule has 21 heavy (non-hydrogen) atoms. The lowest BCUT2D eigenvalue weighted by atomic mass is 10.1. The Bertz CT molecular complexity index is 658. The van der Waals surface area contributed by atoms with E-state index in [1.807, 2.05) is 56.3 Å². The van der Waals surface area contributed by atoms with Crippen LogP contribution in [0.15, 0.2) is 39.9 Å². The van der Waals surface area contributed by atoms with Crippen LogP contribution in [-0.2, 0) is 0 Å². The Kier molecular flexibility index (Phi) is 4.75. The molecule has 0 saturated carbocycles. The molecule has 0 bridgehead atoms. The van der Waals surface area contributed by atoms with Gasteiger partial charge >= 0.3 is 0 Å². The Morgan fingerprint density at radius 2 is 1.67 bits per heavy atom. The standard InChI is InChI=1S/C16H21N3O2/c1-11(12-7-5-4-6-8-12)18-14-13(15(20)16(14)21)17-9-10-19(2)3/h4-8,11,17-18H,9-10H2,1-3H3/t11-/m1/s1. The van der Waals surface area contributed by atoms with Gasteiger partial charge in [-0.05, 0) is 26.6 Å². The van der Waals surface area contributed by atoms with Crippen molar-refractivity contribution in [3.8, 4) is 0 Å². The number of hydrogen-bond donors (Lipinski definition) is 2. The minimum Gasteiger partial charge on any atom is -0.379 e. The van der Waals surface area contributed by atoms with E-state index in [0.29, 0.717) is 17.9 Å². The van der Waals surface area contributed by atoms with Crippen molar-refractivity contribution in [3.05, 3.63) is 56.3 Å². The smallest absolute Gasteiger partial charge is 0.253 e. The molecule has 0 aliphatic rings. The van der Waals surface area contributed by atoms with E-state index >= 15 is 0 Å². The minimum atomic E-state index is -0.440. The highest BCUT2D eigenvalue weighted by Crippen LogP contribution is 2.21. The summed E-state index contributed by atoms with van der Waals surface area (Å²) in [5, 5.41) is 6.18. The molecule has 5 heteroatoms. The topological polar surface area (TPSA) is 61.4 Å². The quantitative estimate of drug-likeness (QED) is 0.754. The van der Waals surface area contributed by atoms with Crippen LogP contribution in [0.25, 0.3) is 0 Å². The zero-order valence-corrected chi connectivity index (χ0v) is 12.6. The third-order valence-electron chi connectivity index (χ3n) is 3.43. The number of nitrogens with zero attached hydrogens (tertiary/aromatic N) is 1. The highest BCUT2D eigenvalue weighted by atomic mass is 16.2. The summed E-state index contributed by atoms with van der Waals surface area (Å²) in [7, 11) is 3.92. The molecule has 0 saturated heterocycles. The number of hydrogen-bond acceptors (Lipinski definition) is 5. The van der Waals surface area contributed by atoms with Crippen LogP contribution in [0.1, 0.15) is 18.5 Å². The molecule has 0 amide bonds. The molecular weight excluding hydrogens is 266 g/mol. The molecule has 0 heterocycles. The Morgan fingerprint density at radius 1 is 1.05 bits per heavy atom. The van der Waals surface area contributed by atoms with Gasteiger partial charge in [-0.3, -0.25) is 9.59 Å². The predicted molar refractivity (Wildman–Crippen MR) is 86.9 cm³/mol. The third kappa shape index (κ3) is 3.49. The lowest BCUT2D eigenvalue weighted by molar-refractivity contribution is 0.425. The molecule has 0 radical (unpaired) electrons. The van der Waals surface area contributed by atoms with E-state index in [0.717, 1.165) is 12.1 Å². The number of anilines is 2. The van der Waals surface area contributed by atoms with E-state index in [1.165, 1.54) is 0 Å². The second-order valence-corrected chi connectivity index (χ2v) is 5.42. The van der Waals surface area contributed by atoms with Gasteiger partial charge in [0.1, 0.15) is 11.4 Å². The van der Waals surface area contributed by atoms with Crippen molar-refractivity contribution in [1.29, 1.82) is 0 Å². The first-order valence-electron chi connectivity index (χ1n) is 7.04. The van der Waals surface area contributed by atoms with Gasteiger partial charge < -0.3 is 15.5 Å².